The van der Waals surface area contributed by atoms with Crippen LogP contribution in [-0.4, -0.2) is 30.9 Å². The van der Waals surface area contributed by atoms with Crippen molar-refractivity contribution in [3.05, 3.63) is 28.2 Å². The molecule has 0 radical (unpaired) electrons. The van der Waals surface area contributed by atoms with Gasteiger partial charge in [-0.15, -0.1) is 0 Å². The highest BCUT2D eigenvalue weighted by molar-refractivity contribution is 9.10. The molecule has 0 aliphatic heterocycles. The van der Waals surface area contributed by atoms with E-state index in [-0.39, 0.29) is 11.9 Å². The lowest BCUT2D eigenvalue weighted by Gasteiger charge is -2.14. The lowest BCUT2D eigenvalue weighted by molar-refractivity contribution is 0.0716. The first kappa shape index (κ1) is 13.8. The van der Waals surface area contributed by atoms with Gasteiger partial charge in [-0.1, -0.05) is 21.1 Å². The fourth-order valence-corrected chi connectivity index (χ4v) is 1.52. The van der Waals surface area contributed by atoms with Crippen LogP contribution in [0.1, 0.15) is 12.5 Å². The van der Waals surface area contributed by atoms with E-state index < -0.39 is 0 Å². The maximum atomic E-state index is 8.69. The second-order valence-electron chi connectivity index (χ2n) is 3.48. The third-order valence-electron chi connectivity index (χ3n) is 2.20. The van der Waals surface area contributed by atoms with Crippen molar-refractivity contribution < 1.29 is 14.7 Å². The summed E-state index contributed by atoms with van der Waals surface area (Å²) in [6.45, 7) is 2.28. The molecule has 1 rings (SSSR count). The highest BCUT2D eigenvalue weighted by Gasteiger charge is 2.10. The summed E-state index contributed by atoms with van der Waals surface area (Å²) < 4.78 is 11.5. The highest BCUT2D eigenvalue weighted by atomic mass is 79.9. The van der Waals surface area contributed by atoms with Gasteiger partial charge in [0, 0.05) is 11.6 Å². The lowest BCUT2D eigenvalue weighted by Crippen LogP contribution is -2.19. The van der Waals surface area contributed by atoms with Crippen LogP contribution in [0.3, 0.4) is 0 Å². The average molecular weight is 303 g/mol. The molecule has 0 saturated heterocycles. The summed E-state index contributed by atoms with van der Waals surface area (Å²) in [6, 6.07) is 5.29. The first-order valence-corrected chi connectivity index (χ1v) is 5.80. The summed E-state index contributed by atoms with van der Waals surface area (Å²) >= 11 is 3.32. The van der Waals surface area contributed by atoms with E-state index in [0.717, 1.165) is 4.47 Å². The van der Waals surface area contributed by atoms with Gasteiger partial charge in [0.25, 0.3) is 0 Å². The van der Waals surface area contributed by atoms with Crippen LogP contribution in [0.4, 0.5) is 0 Å². The lowest BCUT2D eigenvalue weighted by atomic mass is 10.2. The van der Waals surface area contributed by atoms with E-state index in [4.69, 9.17) is 20.4 Å². The monoisotopic (exact) mass is 302 g/mol. The van der Waals surface area contributed by atoms with Crippen LogP contribution in [0.25, 0.3) is 0 Å². The van der Waals surface area contributed by atoms with Gasteiger partial charge in [-0.3, -0.25) is 0 Å². The molecular formula is C11H15BrN2O3. The molecule has 1 unspecified atom stereocenters. The van der Waals surface area contributed by atoms with E-state index in [2.05, 4.69) is 21.1 Å². The summed E-state index contributed by atoms with van der Waals surface area (Å²) in [7, 11) is 1.61. The molecule has 6 heteroatoms. The van der Waals surface area contributed by atoms with Gasteiger partial charge in [-0.05, 0) is 25.1 Å². The number of hydrogen-bond acceptors (Lipinski definition) is 4. The van der Waals surface area contributed by atoms with Crippen molar-refractivity contribution in [3.63, 3.8) is 0 Å². The van der Waals surface area contributed by atoms with Crippen LogP contribution in [0.5, 0.6) is 5.75 Å². The molecule has 3 N–H and O–H groups in total. The van der Waals surface area contributed by atoms with Crippen LogP contribution in [0.15, 0.2) is 27.8 Å². The van der Waals surface area contributed by atoms with E-state index in [1.165, 1.54) is 0 Å². The Labute approximate surface area is 108 Å². The molecule has 1 aromatic rings. The second-order valence-corrected chi connectivity index (χ2v) is 4.40. The van der Waals surface area contributed by atoms with Crippen LogP contribution < -0.4 is 10.5 Å². The van der Waals surface area contributed by atoms with Crippen LogP contribution in [0, 0.1) is 0 Å². The van der Waals surface area contributed by atoms with Crippen molar-refractivity contribution in [2.24, 2.45) is 10.9 Å². The van der Waals surface area contributed by atoms with E-state index in [9.17, 15) is 0 Å². The predicted molar refractivity (Wildman–Crippen MR) is 68.6 cm³/mol. The van der Waals surface area contributed by atoms with Gasteiger partial charge in [0.05, 0.1) is 11.7 Å². The molecule has 17 heavy (non-hydrogen) atoms. The van der Waals surface area contributed by atoms with Gasteiger partial charge in [-0.2, -0.15) is 0 Å². The number of ether oxygens (including phenoxy) is 2. The Kier molecular flexibility index (Phi) is 5.24. The molecule has 0 aromatic heterocycles. The van der Waals surface area contributed by atoms with Crippen molar-refractivity contribution in [1.29, 1.82) is 0 Å². The molecule has 0 fully saturated rings. The maximum Gasteiger partial charge on any atom is 0.173 e. The molecule has 0 saturated carbocycles. The topological polar surface area (TPSA) is 77.1 Å². The zero-order valence-electron chi connectivity index (χ0n) is 9.68. The number of halogens is 1. The van der Waals surface area contributed by atoms with Crippen molar-refractivity contribution in [1.82, 2.24) is 0 Å². The smallest absolute Gasteiger partial charge is 0.173 e. The number of hydrogen-bond donors (Lipinski definition) is 2. The minimum Gasteiger partial charge on any atom is -0.490 e. The highest BCUT2D eigenvalue weighted by Crippen LogP contribution is 2.23. The number of nitrogens with two attached hydrogens (primary N) is 1. The second kappa shape index (κ2) is 6.46. The molecule has 0 heterocycles. The SMILES string of the molecule is COC(C)COc1ccc(Br)cc1/C(N)=N/O. The van der Waals surface area contributed by atoms with Crippen molar-refractivity contribution in [2.45, 2.75) is 13.0 Å². The standard InChI is InChI=1S/C11H15BrN2O3/c1-7(16-2)6-17-10-4-3-8(12)5-9(10)11(13)14-15/h3-5,7,15H,6H2,1-2H3,(H2,13,14). The van der Waals surface area contributed by atoms with Crippen molar-refractivity contribution in [3.8, 4) is 5.75 Å². The molecular weight excluding hydrogens is 288 g/mol. The number of amidine groups is 1. The molecule has 0 spiro atoms. The molecule has 0 amide bonds. The third kappa shape index (κ3) is 3.90. The molecule has 0 aliphatic carbocycles. The largest absolute Gasteiger partial charge is 0.490 e. The van der Waals surface area contributed by atoms with Gasteiger partial charge < -0.3 is 20.4 Å². The van der Waals surface area contributed by atoms with Gasteiger partial charge >= 0.3 is 0 Å². The van der Waals surface area contributed by atoms with Gasteiger partial charge in [-0.25, -0.2) is 0 Å². The third-order valence-corrected chi connectivity index (χ3v) is 2.69. The summed E-state index contributed by atoms with van der Waals surface area (Å²) in [5.41, 5.74) is 6.10. The summed E-state index contributed by atoms with van der Waals surface area (Å²) in [5, 5.41) is 11.7. The van der Waals surface area contributed by atoms with E-state index in [1.54, 1.807) is 19.2 Å². The van der Waals surface area contributed by atoms with E-state index in [0.29, 0.717) is 17.9 Å². The van der Waals surface area contributed by atoms with E-state index >= 15 is 0 Å². The quantitative estimate of drug-likeness (QED) is 0.377. The zero-order valence-corrected chi connectivity index (χ0v) is 11.3. The zero-order chi connectivity index (χ0) is 12.8. The Balaban J connectivity index is 2.91. The first-order chi connectivity index (χ1) is 8.08. The molecule has 0 aliphatic rings. The minimum absolute atomic E-state index is 0.00590. The van der Waals surface area contributed by atoms with Gasteiger partial charge in [0.1, 0.15) is 12.4 Å². The molecule has 1 aromatic carbocycles. The number of nitrogens with zero attached hydrogens (tertiary/aromatic N) is 1. The van der Waals surface area contributed by atoms with Crippen LogP contribution in [-0.2, 0) is 4.74 Å². The predicted octanol–water partition coefficient (Wildman–Crippen LogP) is 1.96. The summed E-state index contributed by atoms with van der Waals surface area (Å²) in [6.07, 6.45) is -0.0289. The first-order valence-electron chi connectivity index (χ1n) is 5.01. The Morgan fingerprint density at radius 1 is 1.59 bits per heavy atom. The molecule has 0 bridgehead atoms. The Hall–Kier alpha value is -1.27. The summed E-state index contributed by atoms with van der Waals surface area (Å²) in [4.78, 5) is 0. The fraction of sp³-hybridized carbons (Fsp3) is 0.364. The number of benzene rings is 1. The molecule has 94 valence electrons. The van der Waals surface area contributed by atoms with Crippen LogP contribution in [0.2, 0.25) is 0 Å². The number of oxime groups is 1. The summed E-state index contributed by atoms with van der Waals surface area (Å²) in [5.74, 6) is 0.554. The Morgan fingerprint density at radius 2 is 2.29 bits per heavy atom. The average Bonchev–Trinajstić information content (AvgIpc) is 2.35. The Morgan fingerprint density at radius 3 is 2.88 bits per heavy atom. The van der Waals surface area contributed by atoms with Crippen molar-refractivity contribution >= 4 is 21.8 Å². The van der Waals surface area contributed by atoms with Gasteiger partial charge in [0.15, 0.2) is 5.84 Å². The Bertz CT molecular complexity index is 410. The van der Waals surface area contributed by atoms with Crippen molar-refractivity contribution in [2.75, 3.05) is 13.7 Å². The van der Waals surface area contributed by atoms with Gasteiger partial charge in [0.2, 0.25) is 0 Å². The number of rotatable bonds is 5. The minimum atomic E-state index is -0.0289. The van der Waals surface area contributed by atoms with Crippen LogP contribution >= 0.6 is 15.9 Å². The maximum absolute atomic E-state index is 8.69. The van der Waals surface area contributed by atoms with E-state index in [1.807, 2.05) is 13.0 Å². The molecule has 1 atom stereocenters. The fourth-order valence-electron chi connectivity index (χ4n) is 1.16. The number of methoxy groups -OCH3 is 1. The normalized spacial score (nSPS) is 13.5. The molecule has 5 nitrogen and oxygen atoms in total.